The fraction of sp³-hybridized carbons (Fsp3) is 0.167. The Hall–Kier alpha value is -2.17. The van der Waals surface area contributed by atoms with Crippen LogP contribution in [0.2, 0.25) is 0 Å². The first-order valence-electron chi connectivity index (χ1n) is 4.99. The van der Waals surface area contributed by atoms with Gasteiger partial charge >= 0.3 is 0 Å². The van der Waals surface area contributed by atoms with Gasteiger partial charge in [-0.1, -0.05) is 6.07 Å². The Labute approximate surface area is 97.6 Å². The van der Waals surface area contributed by atoms with E-state index in [1.54, 1.807) is 19.3 Å². The van der Waals surface area contributed by atoms with Gasteiger partial charge < -0.3 is 4.74 Å². The number of aryl methyl sites for hydroxylation is 1. The van der Waals surface area contributed by atoms with E-state index in [1.807, 2.05) is 0 Å². The molecule has 0 radical (unpaired) electrons. The fourth-order valence-corrected chi connectivity index (χ4v) is 1.54. The van der Waals surface area contributed by atoms with Crippen molar-refractivity contribution in [2.75, 3.05) is 7.11 Å². The number of benzene rings is 1. The van der Waals surface area contributed by atoms with Crippen LogP contribution in [0.4, 0.5) is 4.39 Å². The van der Waals surface area contributed by atoms with E-state index >= 15 is 0 Å². The molecule has 0 spiro atoms. The van der Waals surface area contributed by atoms with Crippen molar-refractivity contribution in [3.63, 3.8) is 0 Å². The highest BCUT2D eigenvalue weighted by molar-refractivity contribution is 6.09. The number of aromatic nitrogens is 2. The number of ketones is 1. The van der Waals surface area contributed by atoms with Crippen molar-refractivity contribution < 1.29 is 13.9 Å². The van der Waals surface area contributed by atoms with Gasteiger partial charge in [-0.15, -0.1) is 0 Å². The van der Waals surface area contributed by atoms with E-state index in [1.165, 1.54) is 30.1 Å². The lowest BCUT2D eigenvalue weighted by atomic mass is 10.1. The topological polar surface area (TPSA) is 44.1 Å². The Morgan fingerprint density at radius 3 is 2.82 bits per heavy atom. The number of nitrogens with zero attached hydrogens (tertiary/aromatic N) is 2. The molecule has 0 amide bonds. The molecular formula is C12H11FN2O2. The molecule has 5 heteroatoms. The summed E-state index contributed by atoms with van der Waals surface area (Å²) in [4.78, 5) is 12.0. The van der Waals surface area contributed by atoms with Crippen molar-refractivity contribution >= 4 is 5.78 Å². The van der Waals surface area contributed by atoms with E-state index in [9.17, 15) is 9.18 Å². The first kappa shape index (κ1) is 11.3. The van der Waals surface area contributed by atoms with Crippen LogP contribution in [0, 0.1) is 5.82 Å². The van der Waals surface area contributed by atoms with Gasteiger partial charge in [0, 0.05) is 13.2 Å². The molecule has 0 saturated carbocycles. The first-order chi connectivity index (χ1) is 8.13. The molecule has 4 nitrogen and oxygen atoms in total. The maximum atomic E-state index is 13.8. The molecule has 1 heterocycles. The quantitative estimate of drug-likeness (QED) is 0.760. The van der Waals surface area contributed by atoms with Gasteiger partial charge in [-0.25, -0.2) is 4.39 Å². The number of ether oxygens (including phenoxy) is 1. The smallest absolute Gasteiger partial charge is 0.199 e. The molecule has 0 saturated heterocycles. The predicted molar refractivity (Wildman–Crippen MR) is 59.6 cm³/mol. The van der Waals surface area contributed by atoms with Crippen LogP contribution in [0.3, 0.4) is 0 Å². The summed E-state index contributed by atoms with van der Waals surface area (Å²) in [6.07, 6.45) is 2.95. The van der Waals surface area contributed by atoms with Crippen LogP contribution in [-0.4, -0.2) is 22.7 Å². The number of halogens is 1. The van der Waals surface area contributed by atoms with E-state index in [0.29, 0.717) is 5.56 Å². The molecule has 0 N–H and O–H groups in total. The van der Waals surface area contributed by atoms with Gasteiger partial charge in [0.25, 0.3) is 0 Å². The van der Waals surface area contributed by atoms with Crippen molar-refractivity contribution in [2.24, 2.45) is 7.05 Å². The second kappa shape index (κ2) is 4.37. The number of rotatable bonds is 3. The maximum absolute atomic E-state index is 13.8. The van der Waals surface area contributed by atoms with Crippen molar-refractivity contribution in [2.45, 2.75) is 0 Å². The highest BCUT2D eigenvalue weighted by Crippen LogP contribution is 2.22. The van der Waals surface area contributed by atoms with Gasteiger partial charge in [0.2, 0.25) is 0 Å². The van der Waals surface area contributed by atoms with Gasteiger partial charge in [-0.05, 0) is 12.1 Å². The number of methoxy groups -OCH3 is 1. The Bertz CT molecular complexity index is 563. The largest absolute Gasteiger partial charge is 0.494 e. The summed E-state index contributed by atoms with van der Waals surface area (Å²) >= 11 is 0. The van der Waals surface area contributed by atoms with Gasteiger partial charge in [0.05, 0.1) is 24.4 Å². The SMILES string of the molecule is COc1cccc(C(=O)c2cnn(C)c2)c1F. The molecule has 1 aromatic carbocycles. The zero-order valence-electron chi connectivity index (χ0n) is 9.48. The minimum absolute atomic E-state index is 0.0163. The molecule has 0 aliphatic carbocycles. The molecule has 0 aliphatic heterocycles. The molecule has 2 aromatic rings. The molecule has 0 unspecified atom stereocenters. The molecule has 17 heavy (non-hydrogen) atoms. The Morgan fingerprint density at radius 1 is 1.47 bits per heavy atom. The van der Waals surface area contributed by atoms with Crippen LogP contribution < -0.4 is 4.74 Å². The number of hydrogen-bond donors (Lipinski definition) is 0. The highest BCUT2D eigenvalue weighted by atomic mass is 19.1. The molecular weight excluding hydrogens is 223 g/mol. The van der Waals surface area contributed by atoms with Crippen LogP contribution >= 0.6 is 0 Å². The molecule has 0 atom stereocenters. The highest BCUT2D eigenvalue weighted by Gasteiger charge is 2.18. The lowest BCUT2D eigenvalue weighted by molar-refractivity contribution is 0.103. The second-order valence-corrected chi connectivity index (χ2v) is 3.55. The zero-order valence-corrected chi connectivity index (χ0v) is 9.48. The van der Waals surface area contributed by atoms with Crippen molar-refractivity contribution in [3.05, 3.63) is 47.5 Å². The van der Waals surface area contributed by atoms with Crippen LogP contribution in [0.15, 0.2) is 30.6 Å². The first-order valence-corrected chi connectivity index (χ1v) is 4.99. The summed E-state index contributed by atoms with van der Waals surface area (Å²) in [7, 11) is 3.05. The van der Waals surface area contributed by atoms with E-state index in [2.05, 4.69) is 5.10 Å². The van der Waals surface area contributed by atoms with E-state index < -0.39 is 11.6 Å². The summed E-state index contributed by atoms with van der Waals surface area (Å²) in [6, 6.07) is 4.47. The predicted octanol–water partition coefficient (Wildman–Crippen LogP) is 1.80. The monoisotopic (exact) mass is 234 g/mol. The third kappa shape index (κ3) is 2.04. The standard InChI is InChI=1S/C12H11FN2O2/c1-15-7-8(6-14-15)12(16)9-4-3-5-10(17-2)11(9)13/h3-7H,1-2H3. The molecule has 1 aromatic heterocycles. The summed E-state index contributed by atoms with van der Waals surface area (Å²) in [5.74, 6) is -1.00. The van der Waals surface area contributed by atoms with Gasteiger partial charge in [-0.3, -0.25) is 9.48 Å². The zero-order chi connectivity index (χ0) is 12.4. The molecule has 0 aliphatic rings. The average molecular weight is 234 g/mol. The lowest BCUT2D eigenvalue weighted by Crippen LogP contribution is -2.04. The summed E-state index contributed by atoms with van der Waals surface area (Å²) in [5, 5.41) is 3.88. The number of hydrogen-bond acceptors (Lipinski definition) is 3. The molecule has 0 fully saturated rings. The van der Waals surface area contributed by atoms with Crippen molar-refractivity contribution in [3.8, 4) is 5.75 Å². The van der Waals surface area contributed by atoms with Gasteiger partial charge in [-0.2, -0.15) is 5.10 Å². The van der Waals surface area contributed by atoms with Crippen LogP contribution in [0.25, 0.3) is 0 Å². The molecule has 88 valence electrons. The third-order valence-corrected chi connectivity index (χ3v) is 2.39. The fourth-order valence-electron chi connectivity index (χ4n) is 1.54. The number of carbonyl (C=O) groups excluding carboxylic acids is 1. The lowest BCUT2D eigenvalue weighted by Gasteiger charge is -2.05. The maximum Gasteiger partial charge on any atom is 0.199 e. The summed E-state index contributed by atoms with van der Waals surface area (Å²) in [5.41, 5.74) is 0.331. The molecule has 0 bridgehead atoms. The van der Waals surface area contributed by atoms with Gasteiger partial charge in [0.15, 0.2) is 17.3 Å². The molecule has 2 rings (SSSR count). The normalized spacial score (nSPS) is 10.3. The number of carbonyl (C=O) groups is 1. The minimum Gasteiger partial charge on any atom is -0.494 e. The minimum atomic E-state index is -0.649. The Morgan fingerprint density at radius 2 is 2.24 bits per heavy atom. The van der Waals surface area contributed by atoms with Crippen molar-refractivity contribution in [1.29, 1.82) is 0 Å². The van der Waals surface area contributed by atoms with E-state index in [-0.39, 0.29) is 11.3 Å². The van der Waals surface area contributed by atoms with E-state index in [0.717, 1.165) is 0 Å². The van der Waals surface area contributed by atoms with Crippen LogP contribution in [-0.2, 0) is 7.05 Å². The van der Waals surface area contributed by atoms with Gasteiger partial charge in [0.1, 0.15) is 0 Å². The second-order valence-electron chi connectivity index (χ2n) is 3.55. The van der Waals surface area contributed by atoms with Crippen molar-refractivity contribution in [1.82, 2.24) is 9.78 Å². The Kier molecular flexibility index (Phi) is 2.91. The van der Waals surface area contributed by atoms with E-state index in [4.69, 9.17) is 4.74 Å². The third-order valence-electron chi connectivity index (χ3n) is 2.39. The summed E-state index contributed by atoms with van der Waals surface area (Å²) in [6.45, 7) is 0. The Balaban J connectivity index is 2.44. The summed E-state index contributed by atoms with van der Waals surface area (Å²) < 4.78 is 20.2. The van der Waals surface area contributed by atoms with Crippen LogP contribution in [0.5, 0.6) is 5.75 Å². The average Bonchev–Trinajstić information content (AvgIpc) is 2.75. The van der Waals surface area contributed by atoms with Crippen LogP contribution in [0.1, 0.15) is 15.9 Å².